The highest BCUT2D eigenvalue weighted by atomic mass is 16.5. The summed E-state index contributed by atoms with van der Waals surface area (Å²) in [5, 5.41) is 10.1. The normalized spacial score (nSPS) is 10.8. The van der Waals surface area contributed by atoms with Crippen molar-refractivity contribution in [2.24, 2.45) is 4.99 Å². The van der Waals surface area contributed by atoms with Crippen molar-refractivity contribution in [2.75, 3.05) is 7.11 Å². The molecule has 0 amide bonds. The average molecular weight is 485 g/mol. The zero-order valence-electron chi connectivity index (χ0n) is 20.3. The van der Waals surface area contributed by atoms with Gasteiger partial charge in [-0.25, -0.2) is 4.99 Å². The molecule has 0 atom stereocenters. The van der Waals surface area contributed by atoms with Gasteiger partial charge in [-0.05, 0) is 34.9 Å². The van der Waals surface area contributed by atoms with Crippen molar-refractivity contribution in [2.45, 2.75) is 6.61 Å². The quantitative estimate of drug-likeness (QED) is 0.211. The highest BCUT2D eigenvalue weighted by Gasteiger charge is 2.22. The first-order valence-corrected chi connectivity index (χ1v) is 11.8. The maximum atomic E-state index is 10.1. The van der Waals surface area contributed by atoms with Gasteiger partial charge >= 0.3 is 0 Å². The van der Waals surface area contributed by atoms with Gasteiger partial charge in [0.2, 0.25) is 5.88 Å². The predicted molar refractivity (Wildman–Crippen MR) is 145 cm³/mol. The summed E-state index contributed by atoms with van der Waals surface area (Å²) < 4.78 is 17.7. The van der Waals surface area contributed by atoms with E-state index in [2.05, 4.69) is 11.1 Å². The van der Waals surface area contributed by atoms with Crippen molar-refractivity contribution in [1.82, 2.24) is 0 Å². The van der Waals surface area contributed by atoms with Crippen molar-refractivity contribution >= 4 is 12.1 Å². The highest BCUT2D eigenvalue weighted by molar-refractivity contribution is 5.90. The molecule has 0 aliphatic carbocycles. The van der Waals surface area contributed by atoms with Crippen LogP contribution in [-0.4, -0.2) is 13.3 Å². The van der Waals surface area contributed by atoms with Crippen molar-refractivity contribution < 1.29 is 13.9 Å². The molecule has 0 aliphatic rings. The summed E-state index contributed by atoms with van der Waals surface area (Å²) in [5.41, 5.74) is 4.73. The lowest BCUT2D eigenvalue weighted by Crippen LogP contribution is -1.98. The smallest absolute Gasteiger partial charge is 0.238 e. The lowest BCUT2D eigenvalue weighted by molar-refractivity contribution is 0.284. The zero-order chi connectivity index (χ0) is 25.5. The van der Waals surface area contributed by atoms with Crippen molar-refractivity contribution in [3.8, 4) is 40.0 Å². The Morgan fingerprint density at radius 2 is 1.46 bits per heavy atom. The van der Waals surface area contributed by atoms with E-state index in [0.717, 1.165) is 27.8 Å². The van der Waals surface area contributed by atoms with E-state index in [4.69, 9.17) is 13.9 Å². The average Bonchev–Trinajstić information content (AvgIpc) is 3.35. The number of rotatable bonds is 8. The molecular weight excluding hydrogens is 460 g/mol. The van der Waals surface area contributed by atoms with Crippen molar-refractivity contribution in [1.29, 1.82) is 5.26 Å². The Morgan fingerprint density at radius 3 is 2.11 bits per heavy atom. The Hall–Kier alpha value is -5.08. The topological polar surface area (TPSA) is 67.8 Å². The maximum Gasteiger partial charge on any atom is 0.238 e. The number of furan rings is 1. The maximum absolute atomic E-state index is 10.1. The van der Waals surface area contributed by atoms with E-state index in [9.17, 15) is 5.26 Å². The molecule has 1 heterocycles. The number of aliphatic imine (C=N–C) groups is 1. The number of hydrogen-bond donors (Lipinski definition) is 0. The minimum Gasteiger partial charge on any atom is -0.493 e. The molecular formula is C32H24N2O3. The van der Waals surface area contributed by atoms with Crippen LogP contribution in [0, 0.1) is 11.3 Å². The van der Waals surface area contributed by atoms with Gasteiger partial charge in [-0.2, -0.15) is 5.26 Å². The first-order chi connectivity index (χ1) is 18.3. The van der Waals surface area contributed by atoms with Gasteiger partial charge < -0.3 is 13.9 Å². The third kappa shape index (κ3) is 5.29. The molecule has 5 rings (SSSR count). The molecule has 0 bridgehead atoms. The number of methoxy groups -OCH3 is 1. The summed E-state index contributed by atoms with van der Waals surface area (Å²) >= 11 is 0. The van der Waals surface area contributed by atoms with Crippen LogP contribution < -0.4 is 9.47 Å². The van der Waals surface area contributed by atoms with Crippen LogP contribution in [0.1, 0.15) is 16.7 Å². The van der Waals surface area contributed by atoms with Gasteiger partial charge in [0.1, 0.15) is 24.0 Å². The molecule has 180 valence electrons. The molecule has 5 aromatic rings. The summed E-state index contributed by atoms with van der Waals surface area (Å²) in [6.07, 6.45) is 1.66. The molecule has 0 fully saturated rings. The van der Waals surface area contributed by atoms with E-state index < -0.39 is 0 Å². The molecule has 0 saturated carbocycles. The molecule has 4 aromatic carbocycles. The molecule has 0 radical (unpaired) electrons. The second kappa shape index (κ2) is 11.1. The Morgan fingerprint density at radius 1 is 0.811 bits per heavy atom. The van der Waals surface area contributed by atoms with Crippen LogP contribution in [-0.2, 0) is 6.61 Å². The largest absolute Gasteiger partial charge is 0.493 e. The van der Waals surface area contributed by atoms with E-state index in [1.165, 1.54) is 0 Å². The monoisotopic (exact) mass is 484 g/mol. The number of benzene rings is 4. The van der Waals surface area contributed by atoms with Gasteiger partial charge in [0.15, 0.2) is 11.5 Å². The van der Waals surface area contributed by atoms with Crippen LogP contribution in [0.5, 0.6) is 11.5 Å². The van der Waals surface area contributed by atoms with Crippen molar-refractivity contribution in [3.05, 3.63) is 126 Å². The van der Waals surface area contributed by atoms with Gasteiger partial charge in [-0.3, -0.25) is 0 Å². The van der Waals surface area contributed by atoms with E-state index in [0.29, 0.717) is 29.4 Å². The Bertz CT molecular complexity index is 1550. The molecule has 5 heteroatoms. The van der Waals surface area contributed by atoms with E-state index in [1.807, 2.05) is 109 Å². The van der Waals surface area contributed by atoms with Gasteiger partial charge in [-0.1, -0.05) is 91.0 Å². The molecule has 0 spiro atoms. The summed E-state index contributed by atoms with van der Waals surface area (Å²) in [4.78, 5) is 4.57. The first kappa shape index (κ1) is 23.7. The summed E-state index contributed by atoms with van der Waals surface area (Å²) in [5.74, 6) is 2.09. The second-order valence-corrected chi connectivity index (χ2v) is 8.27. The minimum atomic E-state index is 0.253. The third-order valence-corrected chi connectivity index (χ3v) is 5.86. The Kier molecular flexibility index (Phi) is 7.10. The molecule has 0 N–H and O–H groups in total. The fraction of sp³-hybridized carbons (Fsp3) is 0.0625. The van der Waals surface area contributed by atoms with Crippen LogP contribution in [0.2, 0.25) is 0 Å². The van der Waals surface area contributed by atoms with Crippen molar-refractivity contribution in [3.63, 3.8) is 0 Å². The first-order valence-electron chi connectivity index (χ1n) is 11.8. The molecule has 0 saturated heterocycles. The van der Waals surface area contributed by atoms with E-state index in [1.54, 1.807) is 13.3 Å². The molecule has 0 aliphatic heterocycles. The van der Waals surface area contributed by atoms with Crippen LogP contribution >= 0.6 is 0 Å². The summed E-state index contributed by atoms with van der Waals surface area (Å²) in [6, 6.07) is 37.3. The second-order valence-electron chi connectivity index (χ2n) is 8.27. The highest BCUT2D eigenvalue weighted by Crippen LogP contribution is 2.42. The predicted octanol–water partition coefficient (Wildman–Crippen LogP) is 7.82. The number of nitriles is 1. The number of hydrogen-bond acceptors (Lipinski definition) is 5. The summed E-state index contributed by atoms with van der Waals surface area (Å²) in [6.45, 7) is 0.438. The van der Waals surface area contributed by atoms with Crippen LogP contribution in [0.3, 0.4) is 0 Å². The lowest BCUT2D eigenvalue weighted by atomic mass is 9.98. The lowest BCUT2D eigenvalue weighted by Gasteiger charge is -2.11. The zero-order valence-corrected chi connectivity index (χ0v) is 20.3. The minimum absolute atomic E-state index is 0.253. The van der Waals surface area contributed by atoms with E-state index >= 15 is 0 Å². The number of ether oxygens (including phenoxy) is 2. The van der Waals surface area contributed by atoms with Gasteiger partial charge in [0.05, 0.1) is 7.11 Å². The SMILES string of the molecule is COc1cc(C=Nc2oc(-c3ccccc3)c(-c3ccccc3)c2C#N)ccc1OCc1ccccc1. The fourth-order valence-corrected chi connectivity index (χ4v) is 4.04. The van der Waals surface area contributed by atoms with E-state index in [-0.39, 0.29) is 5.88 Å². The van der Waals surface area contributed by atoms with Gasteiger partial charge in [0, 0.05) is 17.3 Å². The van der Waals surface area contributed by atoms with Crippen LogP contribution in [0.15, 0.2) is 119 Å². The third-order valence-electron chi connectivity index (χ3n) is 5.86. The number of nitrogens with zero attached hydrogens (tertiary/aromatic N) is 2. The Labute approximate surface area is 215 Å². The van der Waals surface area contributed by atoms with Crippen LogP contribution in [0.4, 0.5) is 5.88 Å². The molecule has 1 aromatic heterocycles. The molecule has 37 heavy (non-hydrogen) atoms. The Balaban J connectivity index is 1.47. The fourth-order valence-electron chi connectivity index (χ4n) is 4.04. The van der Waals surface area contributed by atoms with Gasteiger partial charge in [-0.15, -0.1) is 0 Å². The standard InChI is InChI=1S/C32H24N2O3/c1-35-29-19-24(17-18-28(29)36-22-23-11-5-2-6-12-23)21-34-32-27(20-33)30(25-13-7-3-8-14-25)31(37-32)26-15-9-4-10-16-26/h2-19,21H,22H2,1H3. The van der Waals surface area contributed by atoms with Gasteiger partial charge in [0.25, 0.3) is 0 Å². The molecule has 0 unspecified atom stereocenters. The van der Waals surface area contributed by atoms with Crippen LogP contribution in [0.25, 0.3) is 22.5 Å². The summed E-state index contributed by atoms with van der Waals surface area (Å²) in [7, 11) is 1.60. The molecule has 5 nitrogen and oxygen atoms in total.